The van der Waals surface area contributed by atoms with E-state index >= 15 is 0 Å². The Morgan fingerprint density at radius 1 is 1.75 bits per heavy atom. The number of aromatic amines is 1. The number of amides is 1. The fourth-order valence-corrected chi connectivity index (χ4v) is 0.902. The Morgan fingerprint density at radius 3 is 3.00 bits per heavy atom. The van der Waals surface area contributed by atoms with E-state index in [-0.39, 0.29) is 5.91 Å². The van der Waals surface area contributed by atoms with Crippen molar-refractivity contribution in [3.8, 4) is 0 Å². The molecule has 1 amide bonds. The van der Waals surface area contributed by atoms with Crippen molar-refractivity contribution in [1.29, 1.82) is 0 Å². The second-order valence-electron chi connectivity index (χ2n) is 3.13. The predicted octanol–water partition coefficient (Wildman–Crippen LogP) is 1.39. The summed E-state index contributed by atoms with van der Waals surface area (Å²) in [7, 11) is 0. The van der Waals surface area contributed by atoms with Gasteiger partial charge in [-0.15, -0.1) is 0 Å². The second-order valence-corrected chi connectivity index (χ2v) is 3.13. The number of carbonyl (C=O) groups excluding carboxylic acids is 1. The number of nitrogens with zero attached hydrogens (tertiary/aromatic N) is 1. The summed E-state index contributed by atoms with van der Waals surface area (Å²) in [6, 6.07) is 0. The molecule has 0 aliphatic rings. The fraction of sp³-hybridized carbons (Fsp3) is 0.500. The van der Waals surface area contributed by atoms with Gasteiger partial charge in [0.2, 0.25) is 5.91 Å². The molecule has 1 rings (SSSR count). The van der Waals surface area contributed by atoms with E-state index < -0.39 is 0 Å². The molecule has 2 N–H and O–H groups in total. The van der Waals surface area contributed by atoms with E-state index in [2.05, 4.69) is 15.5 Å². The second kappa shape index (κ2) is 3.90. The van der Waals surface area contributed by atoms with Crippen LogP contribution in [-0.2, 0) is 4.79 Å². The zero-order chi connectivity index (χ0) is 8.97. The molecule has 12 heavy (non-hydrogen) atoms. The van der Waals surface area contributed by atoms with Crippen LogP contribution >= 0.6 is 0 Å². The number of carbonyl (C=O) groups is 1. The highest BCUT2D eigenvalue weighted by atomic mass is 16.1. The van der Waals surface area contributed by atoms with Gasteiger partial charge in [0.25, 0.3) is 0 Å². The van der Waals surface area contributed by atoms with Gasteiger partial charge < -0.3 is 5.32 Å². The number of hydrogen-bond acceptors (Lipinski definition) is 2. The Kier molecular flexibility index (Phi) is 2.85. The number of nitrogens with one attached hydrogen (secondary N) is 2. The number of H-pyrrole nitrogens is 1. The maximum Gasteiger partial charge on any atom is 0.224 e. The van der Waals surface area contributed by atoms with Gasteiger partial charge in [0.15, 0.2) is 0 Å². The van der Waals surface area contributed by atoms with E-state index in [9.17, 15) is 4.79 Å². The lowest BCUT2D eigenvalue weighted by molar-refractivity contribution is -0.116. The van der Waals surface area contributed by atoms with Crippen LogP contribution in [0, 0.1) is 5.92 Å². The Balaban J connectivity index is 2.37. The number of rotatable bonds is 3. The summed E-state index contributed by atoms with van der Waals surface area (Å²) >= 11 is 0. The van der Waals surface area contributed by atoms with Crippen molar-refractivity contribution >= 4 is 11.6 Å². The average molecular weight is 167 g/mol. The smallest absolute Gasteiger partial charge is 0.224 e. The fourth-order valence-electron chi connectivity index (χ4n) is 0.902. The molecule has 0 saturated heterocycles. The Labute approximate surface area is 71.4 Å². The lowest BCUT2D eigenvalue weighted by Gasteiger charge is -2.03. The lowest BCUT2D eigenvalue weighted by atomic mass is 10.1. The van der Waals surface area contributed by atoms with Crippen molar-refractivity contribution in [1.82, 2.24) is 10.2 Å². The molecule has 1 aromatic heterocycles. The molecule has 0 atom stereocenters. The third kappa shape index (κ3) is 2.74. The topological polar surface area (TPSA) is 57.8 Å². The summed E-state index contributed by atoms with van der Waals surface area (Å²) in [6.45, 7) is 4.02. The van der Waals surface area contributed by atoms with Crippen molar-refractivity contribution in [2.45, 2.75) is 20.3 Å². The molecule has 0 radical (unpaired) electrons. The van der Waals surface area contributed by atoms with Crippen LogP contribution in [0.1, 0.15) is 20.3 Å². The molecule has 0 aromatic carbocycles. The third-order valence-corrected chi connectivity index (χ3v) is 1.38. The molecular formula is C8H13N3O. The number of aromatic nitrogens is 2. The van der Waals surface area contributed by atoms with Gasteiger partial charge in [-0.05, 0) is 5.92 Å². The van der Waals surface area contributed by atoms with Gasteiger partial charge in [0.05, 0.1) is 11.9 Å². The van der Waals surface area contributed by atoms with E-state index in [4.69, 9.17) is 0 Å². The number of anilines is 1. The van der Waals surface area contributed by atoms with Crippen LogP contribution in [0.4, 0.5) is 5.69 Å². The van der Waals surface area contributed by atoms with Crippen LogP contribution < -0.4 is 5.32 Å². The highest BCUT2D eigenvalue weighted by molar-refractivity contribution is 5.90. The Morgan fingerprint density at radius 2 is 2.50 bits per heavy atom. The molecule has 0 saturated carbocycles. The maximum atomic E-state index is 11.2. The van der Waals surface area contributed by atoms with Gasteiger partial charge in [-0.25, -0.2) is 0 Å². The molecule has 0 aliphatic heterocycles. The highest BCUT2D eigenvalue weighted by Crippen LogP contribution is 2.05. The molecule has 0 aliphatic carbocycles. The van der Waals surface area contributed by atoms with Gasteiger partial charge in [0, 0.05) is 12.6 Å². The average Bonchev–Trinajstić information content (AvgIpc) is 2.37. The molecule has 0 unspecified atom stereocenters. The molecule has 4 heteroatoms. The SMILES string of the molecule is CC(C)CC(=O)Nc1cn[nH]c1. The van der Waals surface area contributed by atoms with Crippen molar-refractivity contribution in [2.24, 2.45) is 5.92 Å². The first kappa shape index (κ1) is 8.77. The first-order chi connectivity index (χ1) is 5.68. The van der Waals surface area contributed by atoms with Gasteiger partial charge >= 0.3 is 0 Å². The van der Waals surface area contributed by atoms with Crippen molar-refractivity contribution < 1.29 is 4.79 Å². The zero-order valence-electron chi connectivity index (χ0n) is 7.29. The largest absolute Gasteiger partial charge is 0.323 e. The highest BCUT2D eigenvalue weighted by Gasteiger charge is 2.04. The van der Waals surface area contributed by atoms with Crippen LogP contribution in [0.5, 0.6) is 0 Å². The van der Waals surface area contributed by atoms with E-state index in [1.165, 1.54) is 0 Å². The van der Waals surface area contributed by atoms with E-state index in [1.807, 2.05) is 13.8 Å². The summed E-state index contributed by atoms with van der Waals surface area (Å²) in [6.07, 6.45) is 3.78. The Hall–Kier alpha value is -1.32. The molecular weight excluding hydrogens is 154 g/mol. The molecule has 1 aromatic rings. The summed E-state index contributed by atoms with van der Waals surface area (Å²) in [5.41, 5.74) is 0.723. The normalized spacial score (nSPS) is 10.2. The van der Waals surface area contributed by atoms with Crippen LogP contribution in [-0.4, -0.2) is 16.1 Å². The van der Waals surface area contributed by atoms with Crippen LogP contribution in [0.15, 0.2) is 12.4 Å². The van der Waals surface area contributed by atoms with Gasteiger partial charge in [-0.3, -0.25) is 9.89 Å². The van der Waals surface area contributed by atoms with E-state index in [1.54, 1.807) is 12.4 Å². The molecule has 1 heterocycles. The first-order valence-electron chi connectivity index (χ1n) is 3.97. The number of hydrogen-bond donors (Lipinski definition) is 2. The molecule has 4 nitrogen and oxygen atoms in total. The van der Waals surface area contributed by atoms with Crippen LogP contribution in [0.3, 0.4) is 0 Å². The van der Waals surface area contributed by atoms with Gasteiger partial charge in [-0.1, -0.05) is 13.8 Å². The minimum Gasteiger partial charge on any atom is -0.323 e. The van der Waals surface area contributed by atoms with Gasteiger partial charge in [-0.2, -0.15) is 5.10 Å². The first-order valence-corrected chi connectivity index (χ1v) is 3.97. The van der Waals surface area contributed by atoms with E-state index in [0.29, 0.717) is 12.3 Å². The summed E-state index contributed by atoms with van der Waals surface area (Å²) in [5.74, 6) is 0.420. The maximum absolute atomic E-state index is 11.2. The lowest BCUT2D eigenvalue weighted by Crippen LogP contribution is -2.13. The quantitative estimate of drug-likeness (QED) is 0.714. The monoisotopic (exact) mass is 167 g/mol. The van der Waals surface area contributed by atoms with Crippen LogP contribution in [0.25, 0.3) is 0 Å². The summed E-state index contributed by atoms with van der Waals surface area (Å²) in [4.78, 5) is 11.2. The van der Waals surface area contributed by atoms with E-state index in [0.717, 1.165) is 5.69 Å². The molecule has 0 fully saturated rings. The minimum atomic E-state index is 0.0337. The zero-order valence-corrected chi connectivity index (χ0v) is 7.29. The minimum absolute atomic E-state index is 0.0337. The molecule has 0 spiro atoms. The van der Waals surface area contributed by atoms with Crippen molar-refractivity contribution in [3.05, 3.63) is 12.4 Å². The van der Waals surface area contributed by atoms with Crippen LogP contribution in [0.2, 0.25) is 0 Å². The van der Waals surface area contributed by atoms with Gasteiger partial charge in [0.1, 0.15) is 0 Å². The standard InChI is InChI=1S/C8H13N3O/c1-6(2)3-8(12)11-7-4-9-10-5-7/h4-6H,3H2,1-2H3,(H,9,10)(H,11,12). The molecule has 0 bridgehead atoms. The van der Waals surface area contributed by atoms with Crippen molar-refractivity contribution in [2.75, 3.05) is 5.32 Å². The van der Waals surface area contributed by atoms with Crippen molar-refractivity contribution in [3.63, 3.8) is 0 Å². The molecule has 66 valence electrons. The Bertz CT molecular complexity index is 241. The third-order valence-electron chi connectivity index (χ3n) is 1.38. The summed E-state index contributed by atoms with van der Waals surface area (Å²) < 4.78 is 0. The summed E-state index contributed by atoms with van der Waals surface area (Å²) in [5, 5.41) is 9.06. The predicted molar refractivity (Wildman–Crippen MR) is 46.7 cm³/mol.